The van der Waals surface area contributed by atoms with Crippen LogP contribution in [0.4, 0.5) is 0 Å². The molecule has 0 saturated carbocycles. The van der Waals surface area contributed by atoms with Gasteiger partial charge in [0.1, 0.15) is 18.1 Å². The fraction of sp³-hybridized carbons (Fsp3) is 0.486. The molecule has 218 valence electrons. The van der Waals surface area contributed by atoms with Crippen LogP contribution in [-0.4, -0.2) is 41.1 Å². The Hall–Kier alpha value is -3.38. The van der Waals surface area contributed by atoms with Crippen molar-refractivity contribution in [1.29, 1.82) is 0 Å². The highest BCUT2D eigenvalue weighted by molar-refractivity contribution is 5.68. The van der Waals surface area contributed by atoms with Crippen LogP contribution < -0.4 is 10.1 Å². The van der Waals surface area contributed by atoms with Gasteiger partial charge in [-0.25, -0.2) is 9.67 Å². The SMILES string of the molecule is C=C(OCC)c1cnn(-c2cccc(C3=C(COc4ccc(C5CCNCC5)c(CC)c4)C(C)CCC3)n2)c1CC. The minimum atomic E-state index is 0.459. The van der Waals surface area contributed by atoms with Gasteiger partial charge in [-0.1, -0.05) is 39.5 Å². The number of nitrogens with zero attached hydrogens (tertiary/aromatic N) is 3. The maximum Gasteiger partial charge on any atom is 0.154 e. The number of ether oxygens (including phenoxy) is 2. The fourth-order valence-corrected chi connectivity index (χ4v) is 6.52. The standard InChI is InChI=1S/C35H46N4O2/c1-6-26-21-28(15-16-29(26)27-17-19-36-20-18-27)41-23-32-24(4)11-9-12-30(32)33-13-10-14-35(38-33)39-34(7-2)31(22-37-39)25(5)40-8-3/h10,13-16,21-22,24,27,36H,5-9,11-12,17-20,23H2,1-4H3. The number of hydrogen-bond acceptors (Lipinski definition) is 5. The van der Waals surface area contributed by atoms with Crippen molar-refractivity contribution < 1.29 is 9.47 Å². The molecule has 0 bridgehead atoms. The third-order valence-electron chi connectivity index (χ3n) is 8.80. The van der Waals surface area contributed by atoms with Crippen molar-refractivity contribution in [2.75, 3.05) is 26.3 Å². The van der Waals surface area contributed by atoms with E-state index in [4.69, 9.17) is 14.5 Å². The molecule has 2 aromatic heterocycles. The second-order valence-electron chi connectivity index (χ2n) is 11.3. The molecule has 0 amide bonds. The third-order valence-corrected chi connectivity index (χ3v) is 8.80. The first-order chi connectivity index (χ1) is 20.0. The molecular weight excluding hydrogens is 508 g/mol. The summed E-state index contributed by atoms with van der Waals surface area (Å²) >= 11 is 0. The van der Waals surface area contributed by atoms with Gasteiger partial charge in [0.2, 0.25) is 0 Å². The van der Waals surface area contributed by atoms with E-state index in [1.165, 1.54) is 41.5 Å². The van der Waals surface area contributed by atoms with Crippen LogP contribution in [0.1, 0.15) is 93.8 Å². The van der Waals surface area contributed by atoms with Crippen molar-refractivity contribution in [1.82, 2.24) is 20.1 Å². The van der Waals surface area contributed by atoms with E-state index in [0.29, 0.717) is 30.8 Å². The molecule has 5 rings (SSSR count). The van der Waals surface area contributed by atoms with Gasteiger partial charge in [0.15, 0.2) is 5.82 Å². The molecule has 0 spiro atoms. The maximum absolute atomic E-state index is 6.52. The highest BCUT2D eigenvalue weighted by atomic mass is 16.5. The lowest BCUT2D eigenvalue weighted by Crippen LogP contribution is -2.27. The van der Waals surface area contributed by atoms with E-state index in [2.05, 4.69) is 68.1 Å². The summed E-state index contributed by atoms with van der Waals surface area (Å²) in [6.45, 7) is 16.2. The number of pyridine rings is 1. The van der Waals surface area contributed by atoms with E-state index in [-0.39, 0.29) is 0 Å². The average Bonchev–Trinajstić information content (AvgIpc) is 3.45. The Balaban J connectivity index is 1.41. The van der Waals surface area contributed by atoms with E-state index in [0.717, 1.165) is 67.3 Å². The topological polar surface area (TPSA) is 61.2 Å². The molecule has 1 atom stereocenters. The highest BCUT2D eigenvalue weighted by Gasteiger charge is 2.24. The summed E-state index contributed by atoms with van der Waals surface area (Å²) in [6.07, 6.45) is 9.47. The van der Waals surface area contributed by atoms with Crippen LogP contribution >= 0.6 is 0 Å². The number of allylic oxidation sites excluding steroid dienone is 1. The first-order valence-corrected chi connectivity index (χ1v) is 15.6. The summed E-state index contributed by atoms with van der Waals surface area (Å²) in [5, 5.41) is 8.17. The predicted octanol–water partition coefficient (Wildman–Crippen LogP) is 7.52. The van der Waals surface area contributed by atoms with Crippen molar-refractivity contribution in [3.05, 3.63) is 82.8 Å². The van der Waals surface area contributed by atoms with E-state index in [1.807, 2.05) is 23.9 Å². The molecule has 3 aromatic rings. The smallest absolute Gasteiger partial charge is 0.154 e. The quantitative estimate of drug-likeness (QED) is 0.248. The molecule has 1 saturated heterocycles. The number of aromatic nitrogens is 3. The summed E-state index contributed by atoms with van der Waals surface area (Å²) in [5.74, 6) is 3.56. The monoisotopic (exact) mass is 554 g/mol. The molecule has 1 fully saturated rings. The van der Waals surface area contributed by atoms with Crippen LogP contribution in [0.3, 0.4) is 0 Å². The molecule has 1 aliphatic heterocycles. The zero-order chi connectivity index (χ0) is 28.8. The van der Waals surface area contributed by atoms with Crippen LogP contribution in [0.5, 0.6) is 5.75 Å². The Kier molecular flexibility index (Phi) is 9.60. The van der Waals surface area contributed by atoms with E-state index in [1.54, 1.807) is 0 Å². The van der Waals surface area contributed by atoms with Gasteiger partial charge >= 0.3 is 0 Å². The van der Waals surface area contributed by atoms with Gasteiger partial charge in [0, 0.05) is 0 Å². The first-order valence-electron chi connectivity index (χ1n) is 15.6. The number of nitrogens with one attached hydrogen (secondary N) is 1. The van der Waals surface area contributed by atoms with Crippen LogP contribution in [0, 0.1) is 5.92 Å². The lowest BCUT2D eigenvalue weighted by atomic mass is 9.82. The Morgan fingerprint density at radius 1 is 1.07 bits per heavy atom. The van der Waals surface area contributed by atoms with Crippen molar-refractivity contribution >= 4 is 11.3 Å². The molecule has 0 radical (unpaired) electrons. The minimum absolute atomic E-state index is 0.459. The van der Waals surface area contributed by atoms with E-state index >= 15 is 0 Å². The normalized spacial score (nSPS) is 18.0. The van der Waals surface area contributed by atoms with E-state index in [9.17, 15) is 0 Å². The molecule has 41 heavy (non-hydrogen) atoms. The second-order valence-corrected chi connectivity index (χ2v) is 11.3. The lowest BCUT2D eigenvalue weighted by Gasteiger charge is -2.27. The van der Waals surface area contributed by atoms with Gasteiger partial charge in [-0.3, -0.25) is 0 Å². The summed E-state index contributed by atoms with van der Waals surface area (Å²) in [4.78, 5) is 5.14. The maximum atomic E-state index is 6.52. The van der Waals surface area contributed by atoms with Crippen molar-refractivity contribution in [3.63, 3.8) is 0 Å². The molecule has 6 nitrogen and oxygen atoms in total. The first kappa shape index (κ1) is 29.1. The third kappa shape index (κ3) is 6.43. The van der Waals surface area contributed by atoms with Crippen LogP contribution in [0.15, 0.2) is 54.7 Å². The number of hydrogen-bond donors (Lipinski definition) is 1. The largest absolute Gasteiger partial charge is 0.494 e. The fourth-order valence-electron chi connectivity index (χ4n) is 6.52. The van der Waals surface area contributed by atoms with Gasteiger partial charge in [-0.2, -0.15) is 5.10 Å². The predicted molar refractivity (Wildman–Crippen MR) is 167 cm³/mol. The molecule has 3 heterocycles. The summed E-state index contributed by atoms with van der Waals surface area (Å²) in [6, 6.07) is 13.0. The Morgan fingerprint density at radius 2 is 1.90 bits per heavy atom. The van der Waals surface area contributed by atoms with Crippen LogP contribution in [0.2, 0.25) is 0 Å². The van der Waals surface area contributed by atoms with Crippen molar-refractivity contribution in [2.45, 2.75) is 78.6 Å². The molecule has 1 N–H and O–H groups in total. The summed E-state index contributed by atoms with van der Waals surface area (Å²) in [7, 11) is 0. The van der Waals surface area contributed by atoms with Crippen LogP contribution in [-0.2, 0) is 17.6 Å². The van der Waals surface area contributed by atoms with Gasteiger partial charge in [0.05, 0.1) is 29.8 Å². The zero-order valence-electron chi connectivity index (χ0n) is 25.3. The molecule has 1 aromatic carbocycles. The number of aryl methyl sites for hydroxylation is 1. The Morgan fingerprint density at radius 3 is 2.66 bits per heavy atom. The van der Waals surface area contributed by atoms with Gasteiger partial charge in [0.25, 0.3) is 0 Å². The van der Waals surface area contributed by atoms with Crippen molar-refractivity contribution in [2.24, 2.45) is 5.92 Å². The second kappa shape index (κ2) is 13.5. The zero-order valence-corrected chi connectivity index (χ0v) is 25.3. The van der Waals surface area contributed by atoms with Gasteiger partial charge in [-0.15, -0.1) is 0 Å². The van der Waals surface area contributed by atoms with Gasteiger partial charge < -0.3 is 14.8 Å². The van der Waals surface area contributed by atoms with E-state index < -0.39 is 0 Å². The average molecular weight is 555 g/mol. The minimum Gasteiger partial charge on any atom is -0.494 e. The van der Waals surface area contributed by atoms with Gasteiger partial charge in [-0.05, 0) is 123 Å². The highest BCUT2D eigenvalue weighted by Crippen LogP contribution is 2.37. The number of rotatable bonds is 11. The molecular formula is C35H46N4O2. The summed E-state index contributed by atoms with van der Waals surface area (Å²) in [5.41, 5.74) is 8.63. The Bertz CT molecular complexity index is 1380. The number of benzene rings is 1. The molecule has 1 aliphatic carbocycles. The van der Waals surface area contributed by atoms with Crippen LogP contribution in [0.25, 0.3) is 17.2 Å². The van der Waals surface area contributed by atoms with Crippen molar-refractivity contribution in [3.8, 4) is 11.6 Å². The molecule has 6 heteroatoms. The molecule has 2 aliphatic rings. The molecule has 1 unspecified atom stereocenters. The Labute approximate surface area is 245 Å². The number of piperidine rings is 1. The lowest BCUT2D eigenvalue weighted by molar-refractivity contribution is 0.299. The summed E-state index contributed by atoms with van der Waals surface area (Å²) < 4.78 is 14.1.